The lowest BCUT2D eigenvalue weighted by molar-refractivity contribution is -0.117. The number of amides is 1. The maximum atomic E-state index is 12.0. The van der Waals surface area contributed by atoms with E-state index >= 15 is 0 Å². The summed E-state index contributed by atoms with van der Waals surface area (Å²) in [7, 11) is 0. The highest BCUT2D eigenvalue weighted by molar-refractivity contribution is 7.13. The highest BCUT2D eigenvalue weighted by Gasteiger charge is 2.22. The van der Waals surface area contributed by atoms with E-state index in [-0.39, 0.29) is 11.7 Å². The molecule has 1 aliphatic heterocycles. The molecule has 0 aliphatic carbocycles. The number of aromatic nitrogens is 1. The van der Waals surface area contributed by atoms with Gasteiger partial charge in [0.1, 0.15) is 0 Å². The number of aryl methyl sites for hydroxylation is 1. The largest absolute Gasteiger partial charge is 0.461 e. The van der Waals surface area contributed by atoms with Crippen LogP contribution in [-0.2, 0) is 4.79 Å². The van der Waals surface area contributed by atoms with Crippen LogP contribution in [0, 0.1) is 6.92 Å². The summed E-state index contributed by atoms with van der Waals surface area (Å²) in [6.45, 7) is 5.64. The molecule has 0 radical (unpaired) electrons. The third-order valence-corrected chi connectivity index (χ3v) is 4.74. The van der Waals surface area contributed by atoms with Crippen LogP contribution in [0.25, 0.3) is 0 Å². The van der Waals surface area contributed by atoms with Crippen LogP contribution < -0.4 is 5.32 Å². The zero-order valence-corrected chi connectivity index (χ0v) is 14.3. The molecule has 3 heterocycles. The number of thiazole rings is 1. The summed E-state index contributed by atoms with van der Waals surface area (Å²) >= 11 is 1.43. The molecule has 128 valence electrons. The molecule has 0 saturated carbocycles. The van der Waals surface area contributed by atoms with E-state index in [1.165, 1.54) is 17.6 Å². The Hall–Kier alpha value is -2.03. The molecule has 1 amide bonds. The Morgan fingerprint density at radius 1 is 1.25 bits per heavy atom. The predicted molar refractivity (Wildman–Crippen MR) is 91.4 cm³/mol. The minimum absolute atomic E-state index is 0.00895. The fourth-order valence-corrected chi connectivity index (χ4v) is 3.30. The molecule has 1 saturated heterocycles. The minimum Gasteiger partial charge on any atom is -0.461 e. The second-order valence-corrected chi connectivity index (χ2v) is 6.65. The molecule has 0 bridgehead atoms. The zero-order chi connectivity index (χ0) is 16.9. The Morgan fingerprint density at radius 3 is 2.54 bits per heavy atom. The molecule has 1 N–H and O–H groups in total. The van der Waals surface area contributed by atoms with E-state index in [9.17, 15) is 9.59 Å². The van der Waals surface area contributed by atoms with Crippen molar-refractivity contribution < 1.29 is 14.0 Å². The fraction of sp³-hybridized carbons (Fsp3) is 0.438. The molecule has 0 unspecified atom stereocenters. The van der Waals surface area contributed by atoms with E-state index in [1.807, 2.05) is 12.3 Å². The second-order valence-electron chi connectivity index (χ2n) is 5.79. The van der Waals surface area contributed by atoms with Crippen LogP contribution in [0.2, 0.25) is 0 Å². The number of furan rings is 1. The summed E-state index contributed by atoms with van der Waals surface area (Å²) in [5.74, 6) is 0.338. The summed E-state index contributed by atoms with van der Waals surface area (Å²) in [6, 6.07) is 3.40. The second kappa shape index (κ2) is 7.69. The van der Waals surface area contributed by atoms with Gasteiger partial charge in [0.2, 0.25) is 11.7 Å². The smallest absolute Gasteiger partial charge is 0.240 e. The van der Waals surface area contributed by atoms with Gasteiger partial charge in [0, 0.05) is 31.6 Å². The van der Waals surface area contributed by atoms with Gasteiger partial charge in [0.05, 0.1) is 25.0 Å². The summed E-state index contributed by atoms with van der Waals surface area (Å²) in [5.41, 5.74) is 0.908. The van der Waals surface area contributed by atoms with E-state index in [2.05, 4.69) is 20.1 Å². The molecule has 1 aliphatic rings. The number of rotatable bonds is 6. The molecule has 3 rings (SSSR count). The maximum absolute atomic E-state index is 12.0. The number of ketones is 1. The number of carbonyl (C=O) groups is 2. The van der Waals surface area contributed by atoms with Crippen LogP contribution in [0.4, 0.5) is 5.13 Å². The average Bonchev–Trinajstić information content (AvgIpc) is 3.21. The van der Waals surface area contributed by atoms with Gasteiger partial charge in [-0.1, -0.05) is 0 Å². The lowest BCUT2D eigenvalue weighted by Crippen LogP contribution is -2.49. The first-order chi connectivity index (χ1) is 11.6. The van der Waals surface area contributed by atoms with Crippen LogP contribution in [0.15, 0.2) is 28.2 Å². The minimum atomic E-state index is -0.0514. The van der Waals surface area contributed by atoms with Crippen molar-refractivity contribution in [3.05, 3.63) is 35.2 Å². The third-order valence-electron chi connectivity index (χ3n) is 3.86. The zero-order valence-electron chi connectivity index (χ0n) is 13.5. The van der Waals surface area contributed by atoms with Gasteiger partial charge in [0.25, 0.3) is 0 Å². The molecule has 8 heteroatoms. The van der Waals surface area contributed by atoms with Gasteiger partial charge >= 0.3 is 0 Å². The highest BCUT2D eigenvalue weighted by Crippen LogP contribution is 2.14. The average molecular weight is 348 g/mol. The van der Waals surface area contributed by atoms with E-state index in [4.69, 9.17) is 4.42 Å². The molecular weight excluding hydrogens is 328 g/mol. The molecule has 0 atom stereocenters. The Labute approximate surface area is 144 Å². The lowest BCUT2D eigenvalue weighted by Gasteiger charge is -2.33. The fourth-order valence-electron chi connectivity index (χ4n) is 2.60. The quantitative estimate of drug-likeness (QED) is 0.797. The Morgan fingerprint density at radius 2 is 1.96 bits per heavy atom. The van der Waals surface area contributed by atoms with Gasteiger partial charge < -0.3 is 9.73 Å². The molecule has 7 nitrogen and oxygen atoms in total. The monoisotopic (exact) mass is 348 g/mol. The number of hydrogen-bond acceptors (Lipinski definition) is 7. The molecule has 2 aromatic heterocycles. The number of carbonyl (C=O) groups excluding carboxylic acids is 2. The topological polar surface area (TPSA) is 78.7 Å². The maximum Gasteiger partial charge on any atom is 0.240 e. The first kappa shape index (κ1) is 16.8. The third kappa shape index (κ3) is 4.50. The number of hydrogen-bond donors (Lipinski definition) is 1. The van der Waals surface area contributed by atoms with E-state index in [0.717, 1.165) is 31.9 Å². The van der Waals surface area contributed by atoms with Gasteiger partial charge in [-0.15, -0.1) is 11.3 Å². The Bertz CT molecular complexity index is 690. The lowest BCUT2D eigenvalue weighted by atomic mass is 10.2. The van der Waals surface area contributed by atoms with Crippen molar-refractivity contribution in [2.75, 3.05) is 44.6 Å². The summed E-state index contributed by atoms with van der Waals surface area (Å²) in [4.78, 5) is 32.5. The van der Waals surface area contributed by atoms with Gasteiger partial charge in [-0.25, -0.2) is 4.98 Å². The van der Waals surface area contributed by atoms with Crippen molar-refractivity contribution in [3.63, 3.8) is 0 Å². The summed E-state index contributed by atoms with van der Waals surface area (Å²) in [6.07, 6.45) is 1.51. The van der Waals surface area contributed by atoms with Crippen LogP contribution in [0.3, 0.4) is 0 Å². The number of Topliss-reactive ketones (excluding diaryl/α,β-unsaturated/α-hetero) is 1. The van der Waals surface area contributed by atoms with Gasteiger partial charge in [0.15, 0.2) is 10.9 Å². The first-order valence-corrected chi connectivity index (χ1v) is 8.71. The number of anilines is 1. The molecular formula is C16H20N4O3S. The number of nitrogens with one attached hydrogen (secondary N) is 1. The summed E-state index contributed by atoms with van der Waals surface area (Å²) in [5, 5.41) is 5.36. The van der Waals surface area contributed by atoms with Gasteiger partial charge in [-0.2, -0.15) is 0 Å². The molecule has 0 aromatic carbocycles. The Balaban J connectivity index is 1.40. The SMILES string of the molecule is Cc1csc(NC(=O)CN2CCN(CC(=O)c3ccco3)CC2)n1. The number of piperazine rings is 1. The first-order valence-electron chi connectivity index (χ1n) is 7.83. The van der Waals surface area contributed by atoms with Crippen LogP contribution in [-0.4, -0.2) is 65.7 Å². The van der Waals surface area contributed by atoms with Crippen molar-refractivity contribution in [2.24, 2.45) is 0 Å². The molecule has 1 fully saturated rings. The van der Waals surface area contributed by atoms with E-state index in [0.29, 0.717) is 24.0 Å². The van der Waals surface area contributed by atoms with Crippen LogP contribution in [0.5, 0.6) is 0 Å². The van der Waals surface area contributed by atoms with Crippen LogP contribution >= 0.6 is 11.3 Å². The van der Waals surface area contributed by atoms with Crippen LogP contribution in [0.1, 0.15) is 16.2 Å². The standard InChI is InChI=1S/C16H20N4O3S/c1-12-11-24-16(17-12)18-15(22)10-20-6-4-19(5-7-20)9-13(21)14-3-2-8-23-14/h2-3,8,11H,4-7,9-10H2,1H3,(H,17,18,22). The summed E-state index contributed by atoms with van der Waals surface area (Å²) < 4.78 is 5.12. The van der Waals surface area contributed by atoms with Gasteiger partial charge in [-0.05, 0) is 19.1 Å². The van der Waals surface area contributed by atoms with E-state index in [1.54, 1.807) is 12.1 Å². The molecule has 0 spiro atoms. The normalized spacial score (nSPS) is 16.2. The predicted octanol–water partition coefficient (Wildman–Crippen LogP) is 1.48. The van der Waals surface area contributed by atoms with Crippen molar-refractivity contribution in [3.8, 4) is 0 Å². The molecule has 24 heavy (non-hydrogen) atoms. The highest BCUT2D eigenvalue weighted by atomic mass is 32.1. The van der Waals surface area contributed by atoms with Crippen molar-refractivity contribution >= 4 is 28.2 Å². The van der Waals surface area contributed by atoms with E-state index < -0.39 is 0 Å². The van der Waals surface area contributed by atoms with Crippen molar-refractivity contribution in [2.45, 2.75) is 6.92 Å². The Kier molecular flexibility index (Phi) is 5.39. The van der Waals surface area contributed by atoms with Gasteiger partial charge in [-0.3, -0.25) is 19.4 Å². The number of nitrogens with zero attached hydrogens (tertiary/aromatic N) is 3. The molecule has 2 aromatic rings. The van der Waals surface area contributed by atoms with Crippen molar-refractivity contribution in [1.82, 2.24) is 14.8 Å². The van der Waals surface area contributed by atoms with Crippen molar-refractivity contribution in [1.29, 1.82) is 0 Å².